The van der Waals surface area contributed by atoms with Crippen molar-refractivity contribution in [2.24, 2.45) is 10.7 Å². The molecule has 3 N–H and O–H groups in total. The minimum atomic E-state index is -0.418. The molecule has 2 aliphatic rings. The first-order valence-electron chi connectivity index (χ1n) is 7.73. The zero-order valence-corrected chi connectivity index (χ0v) is 13.9. The molecule has 7 heteroatoms. The second-order valence-electron chi connectivity index (χ2n) is 5.97. The molecule has 1 fully saturated rings. The monoisotopic (exact) mass is 346 g/mol. The predicted octanol–water partition coefficient (Wildman–Crippen LogP) is 2.46. The molecule has 1 spiro atoms. The van der Waals surface area contributed by atoms with Gasteiger partial charge in [0.1, 0.15) is 11.5 Å². The molecule has 0 unspecified atom stereocenters. The van der Waals surface area contributed by atoms with Gasteiger partial charge in [-0.15, -0.1) is 12.4 Å². The normalized spacial score (nSPS) is 18.2. The van der Waals surface area contributed by atoms with Gasteiger partial charge >= 0.3 is 0 Å². The van der Waals surface area contributed by atoms with Crippen molar-refractivity contribution in [1.29, 1.82) is 0 Å². The number of carbonyl (C=O) groups is 1. The van der Waals surface area contributed by atoms with Crippen LogP contribution < -0.4 is 11.1 Å². The Morgan fingerprint density at radius 3 is 2.67 bits per heavy atom. The number of anilines is 1. The number of hydrogen-bond acceptors (Lipinski definition) is 5. The number of fused-ring (bicyclic) bond motifs is 1. The van der Waals surface area contributed by atoms with E-state index in [1.165, 1.54) is 6.26 Å². The number of nitrogens with two attached hydrogens (primary N) is 1. The van der Waals surface area contributed by atoms with Gasteiger partial charge in [-0.2, -0.15) is 0 Å². The van der Waals surface area contributed by atoms with Gasteiger partial charge in [0.25, 0.3) is 5.91 Å². The number of carbonyl (C=O) groups excluding carboxylic acids is 1. The lowest BCUT2D eigenvalue weighted by molar-refractivity contribution is 0.0653. The number of nitrogens with one attached hydrogen (secondary N) is 1. The Morgan fingerprint density at radius 2 is 1.96 bits per heavy atom. The SMILES string of the molecule is Cl.NC1=NC2(CCN(C(=O)c3ccco3)CC2)Nc2ccccc21. The molecular formula is C17H19ClN4O2. The molecule has 0 bridgehead atoms. The van der Waals surface area contributed by atoms with E-state index in [1.807, 2.05) is 24.3 Å². The molecule has 3 heterocycles. The maximum absolute atomic E-state index is 12.3. The smallest absolute Gasteiger partial charge is 0.289 e. The molecular weight excluding hydrogens is 328 g/mol. The van der Waals surface area contributed by atoms with E-state index in [0.29, 0.717) is 37.5 Å². The lowest BCUT2D eigenvalue weighted by Crippen LogP contribution is -2.52. The van der Waals surface area contributed by atoms with Crippen LogP contribution in [0.15, 0.2) is 52.1 Å². The molecule has 6 nitrogen and oxygen atoms in total. The average Bonchev–Trinajstić information content (AvgIpc) is 3.09. The van der Waals surface area contributed by atoms with Crippen molar-refractivity contribution in [3.05, 3.63) is 54.0 Å². The van der Waals surface area contributed by atoms with Crippen LogP contribution >= 0.6 is 12.4 Å². The zero-order chi connectivity index (χ0) is 15.9. The van der Waals surface area contributed by atoms with Gasteiger partial charge in [0.15, 0.2) is 5.76 Å². The number of piperidine rings is 1. The quantitative estimate of drug-likeness (QED) is 0.830. The molecule has 0 radical (unpaired) electrons. The number of benzene rings is 1. The molecule has 2 aromatic rings. The first kappa shape index (κ1) is 16.4. The maximum atomic E-state index is 12.3. The van der Waals surface area contributed by atoms with Gasteiger partial charge in [0, 0.05) is 37.2 Å². The van der Waals surface area contributed by atoms with Gasteiger partial charge in [-0.05, 0) is 24.3 Å². The number of amidine groups is 1. The van der Waals surface area contributed by atoms with Crippen molar-refractivity contribution >= 4 is 29.8 Å². The highest BCUT2D eigenvalue weighted by Crippen LogP contribution is 2.34. The molecule has 1 aromatic heterocycles. The van der Waals surface area contributed by atoms with Crippen LogP contribution in [0.25, 0.3) is 0 Å². The zero-order valence-electron chi connectivity index (χ0n) is 13.1. The number of rotatable bonds is 1. The number of furan rings is 1. The van der Waals surface area contributed by atoms with Crippen LogP contribution in [0.1, 0.15) is 29.0 Å². The van der Waals surface area contributed by atoms with Crippen LogP contribution in [-0.2, 0) is 0 Å². The van der Waals surface area contributed by atoms with E-state index >= 15 is 0 Å². The molecule has 126 valence electrons. The van der Waals surface area contributed by atoms with Crippen molar-refractivity contribution in [2.75, 3.05) is 18.4 Å². The third-order valence-electron chi connectivity index (χ3n) is 4.51. The van der Waals surface area contributed by atoms with Crippen LogP contribution in [-0.4, -0.2) is 35.4 Å². The van der Waals surface area contributed by atoms with Gasteiger partial charge in [0.2, 0.25) is 0 Å². The first-order chi connectivity index (χ1) is 11.2. The summed E-state index contributed by atoms with van der Waals surface area (Å²) >= 11 is 0. The van der Waals surface area contributed by atoms with E-state index in [-0.39, 0.29) is 18.3 Å². The average molecular weight is 347 g/mol. The summed E-state index contributed by atoms with van der Waals surface area (Å²) in [6.45, 7) is 1.23. The molecule has 4 rings (SSSR count). The van der Waals surface area contributed by atoms with E-state index in [2.05, 4.69) is 5.32 Å². The van der Waals surface area contributed by atoms with Gasteiger partial charge in [-0.3, -0.25) is 4.79 Å². The fraction of sp³-hybridized carbons (Fsp3) is 0.294. The Balaban J connectivity index is 0.00000169. The summed E-state index contributed by atoms with van der Waals surface area (Å²) in [7, 11) is 0. The second-order valence-corrected chi connectivity index (χ2v) is 5.97. The molecule has 0 aliphatic carbocycles. The molecule has 1 saturated heterocycles. The van der Waals surface area contributed by atoms with Crippen molar-refractivity contribution < 1.29 is 9.21 Å². The highest BCUT2D eigenvalue weighted by Gasteiger charge is 2.39. The summed E-state index contributed by atoms with van der Waals surface area (Å²) in [6, 6.07) is 11.3. The van der Waals surface area contributed by atoms with Crippen molar-refractivity contribution in [1.82, 2.24) is 4.90 Å². The number of nitrogens with zero attached hydrogens (tertiary/aromatic N) is 2. The summed E-state index contributed by atoms with van der Waals surface area (Å²) in [6.07, 6.45) is 2.95. The molecule has 0 atom stereocenters. The lowest BCUT2D eigenvalue weighted by atomic mass is 9.93. The third kappa shape index (κ3) is 2.73. The van der Waals surface area contributed by atoms with Gasteiger partial charge in [-0.1, -0.05) is 12.1 Å². The van der Waals surface area contributed by atoms with Crippen LogP contribution in [0.5, 0.6) is 0 Å². The van der Waals surface area contributed by atoms with Crippen molar-refractivity contribution in [3.8, 4) is 0 Å². The number of para-hydroxylation sites is 1. The van der Waals surface area contributed by atoms with E-state index in [4.69, 9.17) is 15.1 Å². The van der Waals surface area contributed by atoms with Gasteiger partial charge < -0.3 is 20.4 Å². The van der Waals surface area contributed by atoms with Crippen LogP contribution in [0.4, 0.5) is 5.69 Å². The molecule has 24 heavy (non-hydrogen) atoms. The minimum absolute atomic E-state index is 0. The van der Waals surface area contributed by atoms with Crippen molar-refractivity contribution in [3.63, 3.8) is 0 Å². The number of likely N-dealkylation sites (tertiary alicyclic amines) is 1. The highest BCUT2D eigenvalue weighted by molar-refractivity contribution is 6.04. The fourth-order valence-electron chi connectivity index (χ4n) is 3.26. The summed E-state index contributed by atoms with van der Waals surface area (Å²) < 4.78 is 5.19. The van der Waals surface area contributed by atoms with Crippen molar-refractivity contribution in [2.45, 2.75) is 18.5 Å². The summed E-state index contributed by atoms with van der Waals surface area (Å²) in [4.78, 5) is 18.8. The Morgan fingerprint density at radius 1 is 1.21 bits per heavy atom. The maximum Gasteiger partial charge on any atom is 0.289 e. The highest BCUT2D eigenvalue weighted by atomic mass is 35.5. The Bertz CT molecular complexity index is 765. The first-order valence-corrected chi connectivity index (χ1v) is 7.73. The summed E-state index contributed by atoms with van der Waals surface area (Å²) in [5.41, 5.74) is 7.66. The van der Waals surface area contributed by atoms with E-state index < -0.39 is 5.66 Å². The predicted molar refractivity (Wildman–Crippen MR) is 94.6 cm³/mol. The van der Waals surface area contributed by atoms with Crippen LogP contribution in [0.3, 0.4) is 0 Å². The topological polar surface area (TPSA) is 83.9 Å². The summed E-state index contributed by atoms with van der Waals surface area (Å²) in [5, 5.41) is 3.51. The third-order valence-corrected chi connectivity index (χ3v) is 4.51. The largest absolute Gasteiger partial charge is 0.459 e. The second kappa shape index (κ2) is 6.20. The molecule has 2 aliphatic heterocycles. The van der Waals surface area contributed by atoms with E-state index in [0.717, 1.165) is 11.3 Å². The van der Waals surface area contributed by atoms with E-state index in [9.17, 15) is 4.79 Å². The molecule has 1 amide bonds. The van der Waals surface area contributed by atoms with Gasteiger partial charge in [0.05, 0.1) is 6.26 Å². The van der Waals surface area contributed by atoms with Crippen LogP contribution in [0, 0.1) is 0 Å². The summed E-state index contributed by atoms with van der Waals surface area (Å²) in [5.74, 6) is 0.870. The van der Waals surface area contributed by atoms with Crippen LogP contribution in [0.2, 0.25) is 0 Å². The fourth-order valence-corrected chi connectivity index (χ4v) is 3.26. The lowest BCUT2D eigenvalue weighted by Gasteiger charge is -2.42. The molecule has 1 aromatic carbocycles. The number of amides is 1. The minimum Gasteiger partial charge on any atom is -0.459 e. The molecule has 0 saturated carbocycles. The Hall–Kier alpha value is -2.47. The Labute approximate surface area is 146 Å². The van der Waals surface area contributed by atoms with Gasteiger partial charge in [-0.25, -0.2) is 4.99 Å². The van der Waals surface area contributed by atoms with E-state index in [1.54, 1.807) is 17.0 Å². The number of hydrogen-bond donors (Lipinski definition) is 2. The standard InChI is InChI=1S/C17H18N4O2.ClH/c18-15-12-4-1-2-5-13(12)19-17(20-15)7-9-21(10-8-17)16(22)14-6-3-11-23-14;/h1-6,11,19H,7-10H2,(H2,18,20);1H. The number of aliphatic imine (C=N–C) groups is 1. The number of halogens is 1. The Kier molecular flexibility index (Phi) is 4.24.